The zero-order chi connectivity index (χ0) is 14.6. The van der Waals surface area contributed by atoms with Gasteiger partial charge in [0.25, 0.3) is 0 Å². The zero-order valence-corrected chi connectivity index (χ0v) is 13.5. The summed E-state index contributed by atoms with van der Waals surface area (Å²) < 4.78 is 0. The topological polar surface area (TPSA) is 29.3 Å². The molecule has 19 heavy (non-hydrogen) atoms. The van der Waals surface area contributed by atoms with Crippen LogP contribution in [0.5, 0.6) is 0 Å². The van der Waals surface area contributed by atoms with Gasteiger partial charge in [-0.05, 0) is 48.4 Å². The van der Waals surface area contributed by atoms with Crippen molar-refractivity contribution in [3.8, 4) is 0 Å². The lowest BCUT2D eigenvalue weighted by Gasteiger charge is -2.28. The van der Waals surface area contributed by atoms with E-state index < -0.39 is 0 Å². The molecule has 0 spiro atoms. The van der Waals surface area contributed by atoms with Gasteiger partial charge in [-0.15, -0.1) is 0 Å². The summed E-state index contributed by atoms with van der Waals surface area (Å²) in [6, 6.07) is 6.82. The lowest BCUT2D eigenvalue weighted by molar-refractivity contribution is 0.538. The lowest BCUT2D eigenvalue weighted by Crippen LogP contribution is -2.26. The first-order valence-corrected chi connectivity index (χ1v) is 7.28. The Bertz CT molecular complexity index is 404. The SMILES string of the molecule is Cc1ccc(C(C)(C)C)cc1N(C)CC(C)CCN. The van der Waals surface area contributed by atoms with Gasteiger partial charge in [-0.25, -0.2) is 0 Å². The van der Waals surface area contributed by atoms with Gasteiger partial charge in [0.05, 0.1) is 0 Å². The Labute approximate surface area is 119 Å². The minimum absolute atomic E-state index is 0.201. The van der Waals surface area contributed by atoms with Crippen molar-refractivity contribution in [2.75, 3.05) is 25.0 Å². The summed E-state index contributed by atoms with van der Waals surface area (Å²) in [5, 5.41) is 0. The zero-order valence-electron chi connectivity index (χ0n) is 13.5. The second-order valence-electron chi connectivity index (χ2n) is 6.81. The van der Waals surface area contributed by atoms with Gasteiger partial charge in [-0.1, -0.05) is 39.8 Å². The predicted molar refractivity (Wildman–Crippen MR) is 86.0 cm³/mol. The maximum Gasteiger partial charge on any atom is 0.0396 e. The fourth-order valence-corrected chi connectivity index (χ4v) is 2.43. The first-order chi connectivity index (χ1) is 8.75. The fourth-order valence-electron chi connectivity index (χ4n) is 2.43. The Kier molecular flexibility index (Phi) is 5.42. The highest BCUT2D eigenvalue weighted by atomic mass is 15.1. The van der Waals surface area contributed by atoms with Crippen LogP contribution >= 0.6 is 0 Å². The molecule has 0 aliphatic carbocycles. The molecule has 0 amide bonds. The maximum atomic E-state index is 5.64. The van der Waals surface area contributed by atoms with Gasteiger partial charge >= 0.3 is 0 Å². The summed E-state index contributed by atoms with van der Waals surface area (Å²) in [6.45, 7) is 13.1. The highest BCUT2D eigenvalue weighted by molar-refractivity contribution is 5.55. The van der Waals surface area contributed by atoms with Crippen molar-refractivity contribution < 1.29 is 0 Å². The normalized spacial score (nSPS) is 13.4. The van der Waals surface area contributed by atoms with E-state index in [2.05, 4.69) is 64.8 Å². The van der Waals surface area contributed by atoms with E-state index in [1.165, 1.54) is 16.8 Å². The molecule has 0 aliphatic rings. The van der Waals surface area contributed by atoms with Crippen molar-refractivity contribution >= 4 is 5.69 Å². The first-order valence-electron chi connectivity index (χ1n) is 7.28. The van der Waals surface area contributed by atoms with Crippen LogP contribution in [0.25, 0.3) is 0 Å². The van der Waals surface area contributed by atoms with E-state index >= 15 is 0 Å². The minimum atomic E-state index is 0.201. The van der Waals surface area contributed by atoms with E-state index in [0.717, 1.165) is 19.5 Å². The molecule has 0 bridgehead atoms. The maximum absolute atomic E-state index is 5.64. The van der Waals surface area contributed by atoms with Crippen LogP contribution in [0, 0.1) is 12.8 Å². The van der Waals surface area contributed by atoms with Gasteiger partial charge in [0, 0.05) is 19.3 Å². The van der Waals surface area contributed by atoms with Crippen LogP contribution in [0.2, 0.25) is 0 Å². The summed E-state index contributed by atoms with van der Waals surface area (Å²) in [5.74, 6) is 0.632. The number of benzene rings is 1. The predicted octanol–water partition coefficient (Wildman–Crippen LogP) is 3.71. The highest BCUT2D eigenvalue weighted by Gasteiger charge is 2.16. The molecule has 2 heteroatoms. The molecule has 1 rings (SSSR count). The van der Waals surface area contributed by atoms with Crippen LogP contribution < -0.4 is 10.6 Å². The average Bonchev–Trinajstić information content (AvgIpc) is 2.27. The van der Waals surface area contributed by atoms with Crippen molar-refractivity contribution in [1.29, 1.82) is 0 Å². The molecular formula is C17H30N2. The Balaban J connectivity index is 2.92. The van der Waals surface area contributed by atoms with Gasteiger partial charge in [0.2, 0.25) is 0 Å². The number of hydrogen-bond acceptors (Lipinski definition) is 2. The number of aryl methyl sites for hydroxylation is 1. The first kappa shape index (κ1) is 16.0. The molecule has 2 N–H and O–H groups in total. The van der Waals surface area contributed by atoms with E-state index in [9.17, 15) is 0 Å². The summed E-state index contributed by atoms with van der Waals surface area (Å²) in [4.78, 5) is 2.37. The molecule has 0 saturated carbocycles. The van der Waals surface area contributed by atoms with Gasteiger partial charge in [0.1, 0.15) is 0 Å². The fraction of sp³-hybridized carbons (Fsp3) is 0.647. The molecule has 0 heterocycles. The van der Waals surface area contributed by atoms with Gasteiger partial charge in [0.15, 0.2) is 0 Å². The summed E-state index contributed by atoms with van der Waals surface area (Å²) >= 11 is 0. The van der Waals surface area contributed by atoms with E-state index in [-0.39, 0.29) is 5.41 Å². The smallest absolute Gasteiger partial charge is 0.0396 e. The molecule has 1 atom stereocenters. The van der Waals surface area contributed by atoms with E-state index in [1.54, 1.807) is 0 Å². The second kappa shape index (κ2) is 6.42. The Morgan fingerprint density at radius 1 is 1.26 bits per heavy atom. The molecule has 0 aliphatic heterocycles. The van der Waals surface area contributed by atoms with Crippen molar-refractivity contribution in [2.45, 2.75) is 46.5 Å². The number of nitrogens with two attached hydrogens (primary N) is 1. The van der Waals surface area contributed by atoms with Crippen LogP contribution in [0.4, 0.5) is 5.69 Å². The Morgan fingerprint density at radius 2 is 1.89 bits per heavy atom. The molecule has 1 unspecified atom stereocenters. The number of hydrogen-bond donors (Lipinski definition) is 1. The Hall–Kier alpha value is -1.02. The van der Waals surface area contributed by atoms with Crippen molar-refractivity contribution in [2.24, 2.45) is 11.7 Å². The van der Waals surface area contributed by atoms with Crippen LogP contribution in [0.3, 0.4) is 0 Å². The molecule has 108 valence electrons. The molecule has 0 fully saturated rings. The number of rotatable bonds is 5. The number of anilines is 1. The molecule has 0 saturated heterocycles. The monoisotopic (exact) mass is 262 g/mol. The van der Waals surface area contributed by atoms with Gasteiger partial charge < -0.3 is 10.6 Å². The average molecular weight is 262 g/mol. The number of nitrogens with zero attached hydrogens (tertiary/aromatic N) is 1. The molecular weight excluding hydrogens is 232 g/mol. The van der Waals surface area contributed by atoms with E-state index in [4.69, 9.17) is 5.73 Å². The van der Waals surface area contributed by atoms with Gasteiger partial charge in [-0.3, -0.25) is 0 Å². The molecule has 2 nitrogen and oxygen atoms in total. The summed E-state index contributed by atoms with van der Waals surface area (Å²) in [6.07, 6.45) is 1.09. The third-order valence-electron chi connectivity index (χ3n) is 3.73. The standard InChI is InChI=1S/C17H30N2/c1-13(9-10-18)12-19(6)16-11-15(17(3,4)5)8-7-14(16)2/h7-8,11,13H,9-10,12,18H2,1-6H3. The Morgan fingerprint density at radius 3 is 2.42 bits per heavy atom. The van der Waals surface area contributed by atoms with Crippen LogP contribution in [0.1, 0.15) is 45.2 Å². The molecule has 0 radical (unpaired) electrons. The highest BCUT2D eigenvalue weighted by Crippen LogP contribution is 2.29. The van der Waals surface area contributed by atoms with Crippen LogP contribution in [-0.2, 0) is 5.41 Å². The quantitative estimate of drug-likeness (QED) is 0.876. The second-order valence-corrected chi connectivity index (χ2v) is 6.81. The van der Waals surface area contributed by atoms with Crippen molar-refractivity contribution in [1.82, 2.24) is 0 Å². The summed E-state index contributed by atoms with van der Waals surface area (Å²) in [5.41, 5.74) is 9.92. The third kappa shape index (κ3) is 4.54. The van der Waals surface area contributed by atoms with E-state index in [0.29, 0.717) is 5.92 Å². The molecule has 1 aromatic rings. The minimum Gasteiger partial charge on any atom is -0.374 e. The van der Waals surface area contributed by atoms with Crippen LogP contribution in [0.15, 0.2) is 18.2 Å². The summed E-state index contributed by atoms with van der Waals surface area (Å²) in [7, 11) is 2.18. The van der Waals surface area contributed by atoms with Crippen LogP contribution in [-0.4, -0.2) is 20.1 Å². The van der Waals surface area contributed by atoms with Crippen molar-refractivity contribution in [3.05, 3.63) is 29.3 Å². The van der Waals surface area contributed by atoms with Gasteiger partial charge in [-0.2, -0.15) is 0 Å². The lowest BCUT2D eigenvalue weighted by atomic mass is 9.86. The largest absolute Gasteiger partial charge is 0.374 e. The van der Waals surface area contributed by atoms with Crippen molar-refractivity contribution in [3.63, 3.8) is 0 Å². The molecule has 1 aromatic carbocycles. The molecule has 0 aromatic heterocycles. The van der Waals surface area contributed by atoms with E-state index in [1.807, 2.05) is 0 Å². The third-order valence-corrected chi connectivity index (χ3v) is 3.73.